The molecule has 0 aliphatic heterocycles. The largest absolute Gasteiger partial charge is 0.378 e. The predicted octanol–water partition coefficient (Wildman–Crippen LogP) is 2.08. The Morgan fingerprint density at radius 2 is 1.78 bits per heavy atom. The first-order valence-electron chi connectivity index (χ1n) is 9.17. The molecule has 130 valence electrons. The molecular formula is C18H30N2O3. The molecule has 3 aliphatic carbocycles. The fourth-order valence-corrected chi connectivity index (χ4v) is 5.01. The average Bonchev–Trinajstić information content (AvgIpc) is 2.48. The van der Waals surface area contributed by atoms with E-state index in [4.69, 9.17) is 10.5 Å². The van der Waals surface area contributed by atoms with Crippen molar-refractivity contribution in [1.82, 2.24) is 4.90 Å². The van der Waals surface area contributed by atoms with Gasteiger partial charge < -0.3 is 15.4 Å². The maximum Gasteiger partial charge on any atom is 0.225 e. The molecule has 0 bridgehead atoms. The first-order chi connectivity index (χ1) is 11.0. The molecule has 3 saturated carbocycles. The summed E-state index contributed by atoms with van der Waals surface area (Å²) in [6.45, 7) is 2.81. The zero-order valence-electron chi connectivity index (χ0n) is 14.4. The normalized spacial score (nSPS) is 35.2. The van der Waals surface area contributed by atoms with Crippen LogP contribution in [-0.4, -0.2) is 42.5 Å². The van der Waals surface area contributed by atoms with Gasteiger partial charge in [-0.25, -0.2) is 0 Å². The number of primary amides is 1. The van der Waals surface area contributed by atoms with Crippen molar-refractivity contribution in [2.45, 2.75) is 70.4 Å². The number of amides is 2. The Kier molecular flexibility index (Phi) is 4.68. The summed E-state index contributed by atoms with van der Waals surface area (Å²) in [6, 6.07) is 0.342. The SMILES string of the molecule is CCO[C@@H]1C[C@@H](N(C)C(=O)C2CCC(C(N)=O)CC2)C12CCC2. The minimum Gasteiger partial charge on any atom is -0.378 e. The summed E-state index contributed by atoms with van der Waals surface area (Å²) in [5.74, 6) is 0.0857. The van der Waals surface area contributed by atoms with Crippen LogP contribution in [-0.2, 0) is 14.3 Å². The van der Waals surface area contributed by atoms with Crippen LogP contribution in [0.15, 0.2) is 0 Å². The molecule has 2 atom stereocenters. The summed E-state index contributed by atoms with van der Waals surface area (Å²) < 4.78 is 5.89. The van der Waals surface area contributed by atoms with Crippen molar-refractivity contribution in [3.63, 3.8) is 0 Å². The first-order valence-corrected chi connectivity index (χ1v) is 9.17. The molecule has 1 spiro atoms. The lowest BCUT2D eigenvalue weighted by molar-refractivity contribution is -0.204. The minimum atomic E-state index is -0.212. The third kappa shape index (κ3) is 2.77. The van der Waals surface area contributed by atoms with Crippen molar-refractivity contribution in [1.29, 1.82) is 0 Å². The number of nitrogens with zero attached hydrogens (tertiary/aromatic N) is 1. The Labute approximate surface area is 138 Å². The Morgan fingerprint density at radius 3 is 2.26 bits per heavy atom. The highest BCUT2D eigenvalue weighted by Gasteiger charge is 2.61. The van der Waals surface area contributed by atoms with Crippen LogP contribution < -0.4 is 5.73 Å². The molecule has 3 rings (SSSR count). The van der Waals surface area contributed by atoms with Gasteiger partial charge in [0.05, 0.1) is 6.10 Å². The van der Waals surface area contributed by atoms with E-state index in [1.165, 1.54) is 19.3 Å². The van der Waals surface area contributed by atoms with E-state index in [1.54, 1.807) is 0 Å². The Balaban J connectivity index is 1.57. The number of carbonyl (C=O) groups excluding carboxylic acids is 2. The molecule has 0 aromatic heterocycles. The molecule has 5 heteroatoms. The Morgan fingerprint density at radius 1 is 1.17 bits per heavy atom. The van der Waals surface area contributed by atoms with E-state index in [0.717, 1.165) is 38.7 Å². The maximum atomic E-state index is 12.9. The quantitative estimate of drug-likeness (QED) is 0.842. The second kappa shape index (κ2) is 6.42. The molecular weight excluding hydrogens is 292 g/mol. The lowest BCUT2D eigenvalue weighted by Gasteiger charge is -2.63. The average molecular weight is 322 g/mol. The number of ether oxygens (including phenoxy) is 1. The third-order valence-corrected chi connectivity index (χ3v) is 6.69. The molecule has 0 aromatic rings. The highest BCUT2D eigenvalue weighted by Crippen LogP contribution is 2.59. The molecule has 0 saturated heterocycles. The third-order valence-electron chi connectivity index (χ3n) is 6.69. The van der Waals surface area contributed by atoms with Crippen molar-refractivity contribution in [2.75, 3.05) is 13.7 Å². The van der Waals surface area contributed by atoms with Gasteiger partial charge in [-0.1, -0.05) is 6.42 Å². The monoisotopic (exact) mass is 322 g/mol. The molecule has 3 aliphatic rings. The fraction of sp³-hybridized carbons (Fsp3) is 0.889. The standard InChI is InChI=1S/C18H30N2O3/c1-3-23-15-11-14(18(15)9-4-10-18)20(2)17(22)13-7-5-12(6-8-13)16(19)21/h12-15H,3-11H2,1-2H3,(H2,19,21)/t12?,13?,14-,15-/m1/s1. The highest BCUT2D eigenvalue weighted by molar-refractivity contribution is 5.80. The van der Waals surface area contributed by atoms with Gasteiger partial charge in [-0.05, 0) is 51.9 Å². The lowest BCUT2D eigenvalue weighted by Crippen LogP contribution is -2.68. The predicted molar refractivity (Wildman–Crippen MR) is 87.5 cm³/mol. The van der Waals surface area contributed by atoms with Gasteiger partial charge in [-0.3, -0.25) is 9.59 Å². The summed E-state index contributed by atoms with van der Waals surface area (Å²) in [6.07, 6.45) is 8.07. The van der Waals surface area contributed by atoms with E-state index in [9.17, 15) is 9.59 Å². The first kappa shape index (κ1) is 16.7. The van der Waals surface area contributed by atoms with E-state index >= 15 is 0 Å². The fourth-order valence-electron chi connectivity index (χ4n) is 5.01. The van der Waals surface area contributed by atoms with Gasteiger partial charge in [-0.15, -0.1) is 0 Å². The van der Waals surface area contributed by atoms with Crippen LogP contribution >= 0.6 is 0 Å². The van der Waals surface area contributed by atoms with Gasteiger partial charge in [-0.2, -0.15) is 0 Å². The van der Waals surface area contributed by atoms with E-state index in [1.807, 2.05) is 18.9 Å². The number of carbonyl (C=O) groups is 2. The van der Waals surface area contributed by atoms with Crippen LogP contribution in [0.2, 0.25) is 0 Å². The molecule has 2 N–H and O–H groups in total. The number of hydrogen-bond donors (Lipinski definition) is 1. The molecule has 3 fully saturated rings. The molecule has 0 unspecified atom stereocenters. The van der Waals surface area contributed by atoms with Crippen LogP contribution in [0.4, 0.5) is 0 Å². The van der Waals surface area contributed by atoms with Gasteiger partial charge in [0.2, 0.25) is 11.8 Å². The summed E-state index contributed by atoms with van der Waals surface area (Å²) in [5, 5.41) is 0. The van der Waals surface area contributed by atoms with Crippen LogP contribution in [0.3, 0.4) is 0 Å². The van der Waals surface area contributed by atoms with Crippen LogP contribution in [0.25, 0.3) is 0 Å². The summed E-state index contributed by atoms with van der Waals surface area (Å²) in [7, 11) is 1.97. The van der Waals surface area contributed by atoms with E-state index in [-0.39, 0.29) is 29.1 Å². The van der Waals surface area contributed by atoms with Crippen molar-refractivity contribution >= 4 is 11.8 Å². The zero-order chi connectivity index (χ0) is 16.6. The smallest absolute Gasteiger partial charge is 0.225 e. The summed E-state index contributed by atoms with van der Waals surface area (Å²) in [4.78, 5) is 26.1. The van der Waals surface area contributed by atoms with Gasteiger partial charge in [0.1, 0.15) is 0 Å². The number of hydrogen-bond acceptors (Lipinski definition) is 3. The topological polar surface area (TPSA) is 72.6 Å². The van der Waals surface area contributed by atoms with Gasteiger partial charge >= 0.3 is 0 Å². The maximum absolute atomic E-state index is 12.9. The Bertz CT molecular complexity index is 467. The van der Waals surface area contributed by atoms with Gasteiger partial charge in [0, 0.05) is 36.9 Å². The molecule has 0 heterocycles. The lowest BCUT2D eigenvalue weighted by atomic mass is 9.50. The Hall–Kier alpha value is -1.10. The minimum absolute atomic E-state index is 0.0339. The van der Waals surface area contributed by atoms with E-state index < -0.39 is 0 Å². The molecule has 0 aromatic carbocycles. The van der Waals surface area contributed by atoms with Crippen molar-refractivity contribution in [2.24, 2.45) is 23.0 Å². The van der Waals surface area contributed by atoms with Crippen LogP contribution in [0, 0.1) is 17.3 Å². The van der Waals surface area contributed by atoms with E-state index in [0.29, 0.717) is 12.1 Å². The van der Waals surface area contributed by atoms with Gasteiger partial charge in [0.25, 0.3) is 0 Å². The van der Waals surface area contributed by atoms with Crippen molar-refractivity contribution in [3.05, 3.63) is 0 Å². The highest BCUT2D eigenvalue weighted by atomic mass is 16.5. The summed E-state index contributed by atoms with van der Waals surface area (Å²) in [5.41, 5.74) is 5.61. The van der Waals surface area contributed by atoms with Crippen LogP contribution in [0.1, 0.15) is 58.3 Å². The molecule has 0 radical (unpaired) electrons. The second-order valence-electron chi connectivity index (χ2n) is 7.68. The summed E-state index contributed by atoms with van der Waals surface area (Å²) >= 11 is 0. The zero-order valence-corrected chi connectivity index (χ0v) is 14.4. The molecule has 23 heavy (non-hydrogen) atoms. The number of nitrogens with two attached hydrogens (primary N) is 1. The van der Waals surface area contributed by atoms with E-state index in [2.05, 4.69) is 0 Å². The van der Waals surface area contributed by atoms with Crippen LogP contribution in [0.5, 0.6) is 0 Å². The van der Waals surface area contributed by atoms with Crippen molar-refractivity contribution in [3.8, 4) is 0 Å². The number of rotatable bonds is 5. The molecule has 2 amide bonds. The molecule has 5 nitrogen and oxygen atoms in total. The second-order valence-corrected chi connectivity index (χ2v) is 7.68. The van der Waals surface area contributed by atoms with Gasteiger partial charge in [0.15, 0.2) is 0 Å². The van der Waals surface area contributed by atoms with Crippen molar-refractivity contribution < 1.29 is 14.3 Å².